The van der Waals surface area contributed by atoms with Crippen LogP contribution in [0.2, 0.25) is 0 Å². The van der Waals surface area contributed by atoms with Gasteiger partial charge in [0.05, 0.1) is 0 Å². The lowest BCUT2D eigenvalue weighted by Gasteiger charge is -2.22. The van der Waals surface area contributed by atoms with Crippen LogP contribution < -0.4 is 5.30 Å². The molecule has 0 saturated carbocycles. The molecule has 0 spiro atoms. The van der Waals surface area contributed by atoms with E-state index in [0.29, 0.717) is 0 Å². The number of rotatable bonds is 1. The molecule has 1 saturated heterocycles. The van der Waals surface area contributed by atoms with Gasteiger partial charge in [0.25, 0.3) is 0 Å². The van der Waals surface area contributed by atoms with Gasteiger partial charge in [-0.25, -0.2) is 0 Å². The zero-order valence-electron chi connectivity index (χ0n) is 6.96. The van der Waals surface area contributed by atoms with Crippen molar-refractivity contribution >= 4 is 29.1 Å². The van der Waals surface area contributed by atoms with E-state index in [1.807, 2.05) is 0 Å². The Morgan fingerprint density at radius 2 is 2.00 bits per heavy atom. The van der Waals surface area contributed by atoms with Crippen LogP contribution in [0.25, 0.3) is 0 Å². The molecule has 1 aliphatic heterocycles. The minimum Gasteiger partial charge on any atom is -0.0944 e. The Bertz CT molecular complexity index is 229. The van der Waals surface area contributed by atoms with Gasteiger partial charge in [-0.05, 0) is 31.7 Å². The molecule has 1 aromatic carbocycles. The van der Waals surface area contributed by atoms with E-state index in [2.05, 4.69) is 30.3 Å². The summed E-state index contributed by atoms with van der Waals surface area (Å²) in [5, 5.41) is 1.64. The van der Waals surface area contributed by atoms with Crippen molar-refractivity contribution in [2.75, 3.05) is 12.3 Å². The summed E-state index contributed by atoms with van der Waals surface area (Å²) in [4.78, 5) is 0. The van der Waals surface area contributed by atoms with Crippen LogP contribution in [-0.2, 0) is 0 Å². The first-order valence-electron chi connectivity index (χ1n) is 4.28. The van der Waals surface area contributed by atoms with E-state index < -0.39 is 0 Å². The van der Waals surface area contributed by atoms with Crippen LogP contribution in [0.1, 0.15) is 6.42 Å². The molecular formula is C9H13P3. The molecule has 0 radical (unpaired) electrons. The lowest BCUT2D eigenvalue weighted by Crippen LogP contribution is -2.01. The molecule has 64 valence electrons. The van der Waals surface area contributed by atoms with Gasteiger partial charge in [-0.2, -0.15) is 0 Å². The first-order valence-corrected chi connectivity index (χ1v) is 9.85. The van der Waals surface area contributed by atoms with Crippen LogP contribution in [0.15, 0.2) is 30.3 Å². The normalized spacial score (nSPS) is 27.8. The third-order valence-corrected chi connectivity index (χ3v) is 12.0. The SMILES string of the molecule is c1ccc(P2CCCPP2)cc1. The average Bonchev–Trinajstić information content (AvgIpc) is 2.21. The van der Waals surface area contributed by atoms with E-state index in [1.165, 1.54) is 35.0 Å². The molecule has 0 aromatic heterocycles. The molecule has 3 heteroatoms. The van der Waals surface area contributed by atoms with Crippen molar-refractivity contribution in [3.05, 3.63) is 30.3 Å². The Labute approximate surface area is 78.6 Å². The van der Waals surface area contributed by atoms with E-state index in [-0.39, 0.29) is 7.61 Å². The second kappa shape index (κ2) is 4.66. The molecule has 2 rings (SSSR count). The van der Waals surface area contributed by atoms with Crippen molar-refractivity contribution in [2.45, 2.75) is 6.42 Å². The fraction of sp³-hybridized carbons (Fsp3) is 0.333. The van der Waals surface area contributed by atoms with E-state index in [4.69, 9.17) is 0 Å². The Balaban J connectivity index is 2.08. The fourth-order valence-electron chi connectivity index (χ4n) is 1.33. The number of hydrogen-bond acceptors (Lipinski definition) is 0. The molecule has 3 atom stereocenters. The van der Waals surface area contributed by atoms with Gasteiger partial charge in [0.2, 0.25) is 0 Å². The smallest absolute Gasteiger partial charge is 0.0196 e. The summed E-state index contributed by atoms with van der Waals surface area (Å²) in [6, 6.07) is 11.1. The summed E-state index contributed by atoms with van der Waals surface area (Å²) in [5.41, 5.74) is 0. The molecule has 1 fully saturated rings. The summed E-state index contributed by atoms with van der Waals surface area (Å²) in [7, 11) is 2.80. The third kappa shape index (κ3) is 2.26. The number of hydrogen-bond donors (Lipinski definition) is 0. The lowest BCUT2D eigenvalue weighted by molar-refractivity contribution is 1.12. The summed E-state index contributed by atoms with van der Waals surface area (Å²) in [6.07, 6.45) is 4.47. The highest BCUT2D eigenvalue weighted by atomic mass is 32.4. The van der Waals surface area contributed by atoms with Crippen LogP contribution in [0, 0.1) is 0 Å². The van der Waals surface area contributed by atoms with E-state index >= 15 is 0 Å². The van der Waals surface area contributed by atoms with Crippen LogP contribution >= 0.6 is 23.8 Å². The van der Waals surface area contributed by atoms with Gasteiger partial charge in [0, 0.05) is 0 Å². The van der Waals surface area contributed by atoms with Gasteiger partial charge in [0.1, 0.15) is 0 Å². The Morgan fingerprint density at radius 3 is 2.67 bits per heavy atom. The summed E-state index contributed by atoms with van der Waals surface area (Å²) < 4.78 is 0. The Kier molecular flexibility index (Phi) is 3.53. The van der Waals surface area contributed by atoms with Crippen molar-refractivity contribution in [3.8, 4) is 0 Å². The maximum Gasteiger partial charge on any atom is -0.0196 e. The van der Waals surface area contributed by atoms with E-state index in [9.17, 15) is 0 Å². The second-order valence-electron chi connectivity index (χ2n) is 2.88. The van der Waals surface area contributed by atoms with Gasteiger partial charge in [-0.15, -0.1) is 0 Å². The lowest BCUT2D eigenvalue weighted by atomic mass is 10.4. The second-order valence-corrected chi connectivity index (χ2v) is 11.1. The summed E-state index contributed by atoms with van der Waals surface area (Å²) in [6.45, 7) is 0. The molecule has 1 aliphatic rings. The van der Waals surface area contributed by atoms with Crippen molar-refractivity contribution in [3.63, 3.8) is 0 Å². The molecule has 0 nitrogen and oxygen atoms in total. The van der Waals surface area contributed by atoms with Crippen molar-refractivity contribution in [1.29, 1.82) is 0 Å². The highest BCUT2D eigenvalue weighted by Gasteiger charge is 2.13. The molecular weight excluding hydrogens is 201 g/mol. The van der Waals surface area contributed by atoms with Crippen LogP contribution in [-0.4, -0.2) is 12.3 Å². The Hall–Kier alpha value is 0.510. The van der Waals surface area contributed by atoms with Crippen LogP contribution in [0.4, 0.5) is 0 Å². The molecule has 0 aliphatic carbocycles. The van der Waals surface area contributed by atoms with E-state index in [1.54, 1.807) is 5.30 Å². The quantitative estimate of drug-likeness (QED) is 0.628. The number of benzene rings is 1. The maximum absolute atomic E-state index is 2.31. The van der Waals surface area contributed by atoms with E-state index in [0.717, 1.165) is 0 Å². The van der Waals surface area contributed by atoms with Gasteiger partial charge >= 0.3 is 0 Å². The van der Waals surface area contributed by atoms with Gasteiger partial charge in [-0.1, -0.05) is 46.6 Å². The predicted molar refractivity (Wildman–Crippen MR) is 64.0 cm³/mol. The third-order valence-electron chi connectivity index (χ3n) is 1.97. The van der Waals surface area contributed by atoms with Crippen LogP contribution in [0.3, 0.4) is 0 Å². The van der Waals surface area contributed by atoms with Gasteiger partial charge < -0.3 is 0 Å². The first-order chi connectivity index (χ1) is 5.97. The molecule has 1 heterocycles. The highest BCUT2D eigenvalue weighted by molar-refractivity contribution is 8.50. The highest BCUT2D eigenvalue weighted by Crippen LogP contribution is 2.67. The van der Waals surface area contributed by atoms with Crippen molar-refractivity contribution < 1.29 is 0 Å². The van der Waals surface area contributed by atoms with Gasteiger partial charge in [-0.3, -0.25) is 0 Å². The van der Waals surface area contributed by atoms with Crippen LogP contribution in [0.5, 0.6) is 0 Å². The monoisotopic (exact) mass is 214 g/mol. The summed E-state index contributed by atoms with van der Waals surface area (Å²) >= 11 is 0. The maximum atomic E-state index is 2.31. The largest absolute Gasteiger partial charge is 0.0944 e. The minimum absolute atomic E-state index is 0.273. The molecule has 0 N–H and O–H groups in total. The molecule has 0 bridgehead atoms. The fourth-order valence-corrected chi connectivity index (χ4v) is 11.8. The molecule has 0 amide bonds. The van der Waals surface area contributed by atoms with Gasteiger partial charge in [0.15, 0.2) is 0 Å². The zero-order chi connectivity index (χ0) is 8.23. The molecule has 3 unspecified atom stereocenters. The average molecular weight is 214 g/mol. The standard InChI is InChI=1S/C9H13P3/c1-2-5-9(6-3-1)12-8-4-7-10-11-12/h1-3,5-6,10-11H,4,7-8H2. The molecule has 12 heavy (non-hydrogen) atoms. The van der Waals surface area contributed by atoms with Crippen molar-refractivity contribution in [1.82, 2.24) is 0 Å². The summed E-state index contributed by atoms with van der Waals surface area (Å²) in [5.74, 6) is 0. The Morgan fingerprint density at radius 1 is 1.17 bits per heavy atom. The predicted octanol–water partition coefficient (Wildman–Crippen LogP) is 3.38. The van der Waals surface area contributed by atoms with Crippen molar-refractivity contribution in [2.24, 2.45) is 0 Å². The molecule has 1 aromatic rings. The minimum atomic E-state index is 0.273. The first kappa shape index (κ1) is 9.08. The zero-order valence-corrected chi connectivity index (χ0v) is 9.85. The topological polar surface area (TPSA) is 0 Å².